The maximum Gasteiger partial charge on any atom is 0.417 e. The third-order valence-electron chi connectivity index (χ3n) is 3.21. The van der Waals surface area contributed by atoms with Crippen LogP contribution in [0.2, 0.25) is 0 Å². The lowest BCUT2D eigenvalue weighted by atomic mass is 9.97. The van der Waals surface area contributed by atoms with Crippen molar-refractivity contribution in [3.8, 4) is 0 Å². The molecule has 0 heterocycles. The first-order valence-electron chi connectivity index (χ1n) is 6.22. The molecule has 0 aliphatic carbocycles. The highest BCUT2D eigenvalue weighted by Gasteiger charge is 2.33. The fourth-order valence-electron chi connectivity index (χ4n) is 2.08. The monoisotopic (exact) mass is 358 g/mol. The van der Waals surface area contributed by atoms with Gasteiger partial charge in [0.2, 0.25) is 0 Å². The maximum atomic E-state index is 13.0. The van der Waals surface area contributed by atoms with Crippen LogP contribution in [0.4, 0.5) is 13.2 Å². The zero-order valence-electron chi connectivity index (χ0n) is 11.2. The SMILES string of the molecule is Cc1ccc(C(NN)c2ccc(Br)c(C(F)(F)F)c2)cc1. The van der Waals surface area contributed by atoms with E-state index in [1.807, 2.05) is 31.2 Å². The van der Waals surface area contributed by atoms with Crippen LogP contribution in [0.5, 0.6) is 0 Å². The Kier molecular flexibility index (Phi) is 4.70. The number of rotatable bonds is 3. The molecule has 0 aliphatic rings. The second-order valence-corrected chi connectivity index (χ2v) is 5.60. The van der Waals surface area contributed by atoms with Crippen LogP contribution in [-0.2, 0) is 6.18 Å². The third-order valence-corrected chi connectivity index (χ3v) is 3.90. The topological polar surface area (TPSA) is 38.0 Å². The highest BCUT2D eigenvalue weighted by atomic mass is 79.9. The molecule has 0 saturated heterocycles. The van der Waals surface area contributed by atoms with E-state index in [0.717, 1.165) is 17.2 Å². The number of nitrogens with two attached hydrogens (primary N) is 1. The average molecular weight is 359 g/mol. The second kappa shape index (κ2) is 6.17. The van der Waals surface area contributed by atoms with Crippen molar-refractivity contribution in [3.63, 3.8) is 0 Å². The summed E-state index contributed by atoms with van der Waals surface area (Å²) >= 11 is 2.93. The molecule has 0 amide bonds. The van der Waals surface area contributed by atoms with Crippen molar-refractivity contribution in [2.45, 2.75) is 19.1 Å². The number of hydrazine groups is 1. The summed E-state index contributed by atoms with van der Waals surface area (Å²) in [4.78, 5) is 0. The van der Waals surface area contributed by atoms with Crippen LogP contribution in [0.25, 0.3) is 0 Å². The lowest BCUT2D eigenvalue weighted by Crippen LogP contribution is -2.29. The van der Waals surface area contributed by atoms with Gasteiger partial charge in [0.25, 0.3) is 0 Å². The van der Waals surface area contributed by atoms with E-state index in [2.05, 4.69) is 21.4 Å². The number of hydrogen-bond acceptors (Lipinski definition) is 2. The molecular weight excluding hydrogens is 345 g/mol. The first-order valence-corrected chi connectivity index (χ1v) is 7.01. The summed E-state index contributed by atoms with van der Waals surface area (Å²) in [5.41, 5.74) is 4.18. The molecule has 6 heteroatoms. The predicted molar refractivity (Wildman–Crippen MR) is 79.5 cm³/mol. The van der Waals surface area contributed by atoms with E-state index in [9.17, 15) is 13.2 Å². The summed E-state index contributed by atoms with van der Waals surface area (Å²) in [5, 5.41) is 0. The van der Waals surface area contributed by atoms with Gasteiger partial charge in [-0.15, -0.1) is 0 Å². The average Bonchev–Trinajstić information content (AvgIpc) is 2.42. The lowest BCUT2D eigenvalue weighted by Gasteiger charge is -2.19. The van der Waals surface area contributed by atoms with E-state index >= 15 is 0 Å². The van der Waals surface area contributed by atoms with Gasteiger partial charge in [-0.2, -0.15) is 13.2 Å². The first-order chi connectivity index (χ1) is 9.82. The number of halogens is 4. The van der Waals surface area contributed by atoms with Crippen LogP contribution >= 0.6 is 15.9 Å². The maximum absolute atomic E-state index is 13.0. The minimum absolute atomic E-state index is 0.0124. The molecule has 1 atom stereocenters. The van der Waals surface area contributed by atoms with Gasteiger partial charge >= 0.3 is 6.18 Å². The van der Waals surface area contributed by atoms with E-state index in [-0.39, 0.29) is 4.47 Å². The quantitative estimate of drug-likeness (QED) is 0.633. The van der Waals surface area contributed by atoms with Crippen LogP contribution in [0.1, 0.15) is 28.3 Å². The number of alkyl halides is 3. The van der Waals surface area contributed by atoms with Gasteiger partial charge < -0.3 is 0 Å². The molecule has 0 fully saturated rings. The van der Waals surface area contributed by atoms with Gasteiger partial charge in [-0.05, 0) is 30.2 Å². The molecule has 3 N–H and O–H groups in total. The van der Waals surface area contributed by atoms with Crippen LogP contribution in [0.15, 0.2) is 46.9 Å². The summed E-state index contributed by atoms with van der Waals surface area (Å²) < 4.78 is 38.9. The Morgan fingerprint density at radius 3 is 2.14 bits per heavy atom. The number of nitrogens with one attached hydrogen (secondary N) is 1. The number of benzene rings is 2. The van der Waals surface area contributed by atoms with E-state index in [4.69, 9.17) is 5.84 Å². The molecule has 0 aliphatic heterocycles. The van der Waals surface area contributed by atoms with Crippen molar-refractivity contribution in [2.75, 3.05) is 0 Å². The summed E-state index contributed by atoms with van der Waals surface area (Å²) in [6, 6.07) is 11.1. The van der Waals surface area contributed by atoms with Gasteiger partial charge in [-0.1, -0.05) is 51.8 Å². The van der Waals surface area contributed by atoms with Gasteiger partial charge in [0.1, 0.15) is 0 Å². The minimum Gasteiger partial charge on any atom is -0.271 e. The molecule has 0 aromatic heterocycles. The van der Waals surface area contributed by atoms with Crippen molar-refractivity contribution < 1.29 is 13.2 Å². The highest BCUT2D eigenvalue weighted by Crippen LogP contribution is 2.37. The molecule has 2 nitrogen and oxygen atoms in total. The molecule has 2 rings (SSSR count). The van der Waals surface area contributed by atoms with E-state index in [1.54, 1.807) is 6.07 Å². The predicted octanol–water partition coefficient (Wildman–Crippen LogP) is 4.33. The zero-order chi connectivity index (χ0) is 15.6. The van der Waals surface area contributed by atoms with Gasteiger partial charge in [0.05, 0.1) is 11.6 Å². The highest BCUT2D eigenvalue weighted by molar-refractivity contribution is 9.10. The molecular formula is C15H14BrF3N2. The van der Waals surface area contributed by atoms with Crippen LogP contribution < -0.4 is 11.3 Å². The Balaban J connectivity index is 2.46. The molecule has 112 valence electrons. The first kappa shape index (κ1) is 16.0. The van der Waals surface area contributed by atoms with Crippen molar-refractivity contribution in [3.05, 3.63) is 69.2 Å². The molecule has 1 unspecified atom stereocenters. The normalized spacial score (nSPS) is 13.2. The zero-order valence-corrected chi connectivity index (χ0v) is 12.8. The summed E-state index contributed by atoms with van der Waals surface area (Å²) in [6.07, 6.45) is -4.42. The van der Waals surface area contributed by atoms with E-state index in [0.29, 0.717) is 5.56 Å². The minimum atomic E-state index is -4.42. The van der Waals surface area contributed by atoms with Crippen molar-refractivity contribution in [1.29, 1.82) is 0 Å². The Morgan fingerprint density at radius 1 is 1.05 bits per heavy atom. The van der Waals surface area contributed by atoms with Crippen molar-refractivity contribution >= 4 is 15.9 Å². The third kappa shape index (κ3) is 3.64. The van der Waals surface area contributed by atoms with Gasteiger partial charge in [-0.25, -0.2) is 5.43 Å². The summed E-state index contributed by atoms with van der Waals surface area (Å²) in [7, 11) is 0. The van der Waals surface area contributed by atoms with Crippen LogP contribution in [0.3, 0.4) is 0 Å². The number of hydrogen-bond donors (Lipinski definition) is 2. The molecule has 0 bridgehead atoms. The fraction of sp³-hybridized carbons (Fsp3) is 0.200. The molecule has 0 saturated carbocycles. The summed E-state index contributed by atoms with van der Waals surface area (Å²) in [6.45, 7) is 1.94. The standard InChI is InChI=1S/C15H14BrF3N2/c1-9-2-4-10(5-3-9)14(21-20)11-6-7-13(16)12(8-11)15(17,18)19/h2-8,14,21H,20H2,1H3. The molecule has 2 aromatic rings. The van der Waals surface area contributed by atoms with Gasteiger partial charge in [0.15, 0.2) is 0 Å². The van der Waals surface area contributed by atoms with Gasteiger partial charge in [-0.3, -0.25) is 5.84 Å². The molecule has 2 aromatic carbocycles. The smallest absolute Gasteiger partial charge is 0.271 e. The fourth-order valence-corrected chi connectivity index (χ4v) is 2.55. The van der Waals surface area contributed by atoms with E-state index < -0.39 is 17.8 Å². The largest absolute Gasteiger partial charge is 0.417 e. The Bertz CT molecular complexity index is 624. The Labute approximate surface area is 129 Å². The summed E-state index contributed by atoms with van der Waals surface area (Å²) in [5.74, 6) is 5.53. The second-order valence-electron chi connectivity index (χ2n) is 4.75. The lowest BCUT2D eigenvalue weighted by molar-refractivity contribution is -0.138. The molecule has 21 heavy (non-hydrogen) atoms. The van der Waals surface area contributed by atoms with Crippen molar-refractivity contribution in [1.82, 2.24) is 5.43 Å². The Hall–Kier alpha value is -1.37. The van der Waals surface area contributed by atoms with Crippen LogP contribution in [0, 0.1) is 6.92 Å². The Morgan fingerprint density at radius 2 is 1.62 bits per heavy atom. The van der Waals surface area contributed by atoms with Crippen molar-refractivity contribution in [2.24, 2.45) is 5.84 Å². The van der Waals surface area contributed by atoms with E-state index in [1.165, 1.54) is 6.07 Å². The van der Waals surface area contributed by atoms with Crippen LogP contribution in [-0.4, -0.2) is 0 Å². The van der Waals surface area contributed by atoms with Gasteiger partial charge in [0, 0.05) is 4.47 Å². The number of aryl methyl sites for hydroxylation is 1. The molecule has 0 radical (unpaired) electrons. The molecule has 0 spiro atoms.